The van der Waals surface area contributed by atoms with Gasteiger partial charge in [0.2, 0.25) is 0 Å². The van der Waals surface area contributed by atoms with Crippen molar-refractivity contribution >= 4 is 0 Å². The first-order valence-corrected chi connectivity index (χ1v) is 4.07. The third-order valence-electron chi connectivity index (χ3n) is 2.70. The zero-order valence-electron chi connectivity index (χ0n) is 6.06. The fraction of sp³-hybridized carbons (Fsp3) is 1.00. The van der Waals surface area contributed by atoms with Crippen molar-refractivity contribution in [2.24, 2.45) is 0 Å². The van der Waals surface area contributed by atoms with Crippen molar-refractivity contribution in [3.8, 4) is 0 Å². The van der Waals surface area contributed by atoms with E-state index < -0.39 is 0 Å². The Balaban J connectivity index is 1.93. The van der Waals surface area contributed by atoms with Gasteiger partial charge in [-0.1, -0.05) is 39.0 Å². The number of rotatable bonds is 1. The largest absolute Gasteiger partial charge is 0.654 e. The van der Waals surface area contributed by atoms with Crippen LogP contribution in [0, 0.1) is 0 Å². The van der Waals surface area contributed by atoms with E-state index >= 15 is 0 Å². The molecule has 0 bridgehead atoms. The number of hydrogen-bond acceptors (Lipinski definition) is 0. The van der Waals surface area contributed by atoms with E-state index in [1.807, 2.05) is 0 Å². The molecule has 0 amide bonds. The minimum Gasteiger partial charge on any atom is -0.654 e. The van der Waals surface area contributed by atoms with Crippen LogP contribution in [0.4, 0.5) is 0 Å². The summed E-state index contributed by atoms with van der Waals surface area (Å²) in [6, 6.07) is 0.729. The zero-order chi connectivity index (χ0) is 6.32. The quantitative estimate of drug-likeness (QED) is 0.510. The van der Waals surface area contributed by atoms with Gasteiger partial charge in [-0.15, -0.1) is 11.6 Å². The highest BCUT2D eigenvalue weighted by Crippen LogP contribution is 2.54. The SMILES string of the molecule is CCC1CCC2(CC2)[N-]1. The van der Waals surface area contributed by atoms with Crippen molar-refractivity contribution in [3.05, 3.63) is 5.32 Å². The minimum absolute atomic E-state index is 0.542. The third-order valence-corrected chi connectivity index (χ3v) is 2.70. The van der Waals surface area contributed by atoms with Gasteiger partial charge in [0.05, 0.1) is 0 Å². The molecular formula is C8H14N-. The molecule has 1 nitrogen and oxygen atoms in total. The van der Waals surface area contributed by atoms with Gasteiger partial charge >= 0.3 is 0 Å². The first-order chi connectivity index (χ1) is 4.35. The summed E-state index contributed by atoms with van der Waals surface area (Å²) in [6.07, 6.45) is 6.82. The van der Waals surface area contributed by atoms with Crippen LogP contribution in [-0.2, 0) is 0 Å². The lowest BCUT2D eigenvalue weighted by Gasteiger charge is -2.27. The van der Waals surface area contributed by atoms with E-state index in [2.05, 4.69) is 6.92 Å². The fourth-order valence-electron chi connectivity index (χ4n) is 1.77. The molecule has 0 aromatic carbocycles. The molecule has 1 saturated carbocycles. The molecule has 1 unspecified atom stereocenters. The third kappa shape index (κ3) is 0.877. The molecule has 1 atom stereocenters. The van der Waals surface area contributed by atoms with E-state index in [1.54, 1.807) is 0 Å². The topological polar surface area (TPSA) is 14.1 Å². The summed E-state index contributed by atoms with van der Waals surface area (Å²) >= 11 is 0. The highest BCUT2D eigenvalue weighted by molar-refractivity contribution is 5.25. The second-order valence-corrected chi connectivity index (χ2v) is 3.45. The summed E-state index contributed by atoms with van der Waals surface area (Å²) in [5.74, 6) is 0. The Morgan fingerprint density at radius 3 is 2.56 bits per heavy atom. The van der Waals surface area contributed by atoms with Crippen LogP contribution in [0.1, 0.15) is 39.0 Å². The highest BCUT2D eigenvalue weighted by atomic mass is 15.1. The van der Waals surface area contributed by atoms with E-state index in [9.17, 15) is 0 Å². The van der Waals surface area contributed by atoms with Gasteiger partial charge in [0.25, 0.3) is 0 Å². The lowest BCUT2D eigenvalue weighted by molar-refractivity contribution is 0.706. The second-order valence-electron chi connectivity index (χ2n) is 3.45. The van der Waals surface area contributed by atoms with Crippen LogP contribution in [0.15, 0.2) is 0 Å². The first-order valence-electron chi connectivity index (χ1n) is 4.07. The van der Waals surface area contributed by atoms with Gasteiger partial charge in [-0.25, -0.2) is 0 Å². The standard InChI is InChI=1S/C8H14N/c1-2-7-3-4-8(9-7)5-6-8/h7H,2-6H2,1H3/q-1. The molecule has 1 spiro atoms. The van der Waals surface area contributed by atoms with E-state index in [4.69, 9.17) is 5.32 Å². The molecule has 0 aromatic rings. The van der Waals surface area contributed by atoms with Crippen LogP contribution >= 0.6 is 0 Å². The predicted octanol–water partition coefficient (Wildman–Crippen LogP) is 2.47. The monoisotopic (exact) mass is 124 g/mol. The summed E-state index contributed by atoms with van der Waals surface area (Å²) < 4.78 is 0. The Hall–Kier alpha value is -0.0400. The van der Waals surface area contributed by atoms with Gasteiger partial charge in [-0.2, -0.15) is 0 Å². The molecule has 1 saturated heterocycles. The summed E-state index contributed by atoms with van der Waals surface area (Å²) in [6.45, 7) is 2.25. The smallest absolute Gasteiger partial charge is 0.0668 e. The molecule has 1 aliphatic heterocycles. The van der Waals surface area contributed by atoms with Gasteiger partial charge in [0, 0.05) is 0 Å². The number of nitrogens with zero attached hydrogens (tertiary/aromatic N) is 1. The summed E-state index contributed by atoms with van der Waals surface area (Å²) in [7, 11) is 0. The van der Waals surface area contributed by atoms with E-state index in [0.29, 0.717) is 5.54 Å². The normalized spacial score (nSPS) is 37.7. The molecule has 2 fully saturated rings. The van der Waals surface area contributed by atoms with Crippen molar-refractivity contribution in [2.45, 2.75) is 50.6 Å². The second kappa shape index (κ2) is 1.72. The Kier molecular flexibility index (Phi) is 1.10. The molecule has 52 valence electrons. The van der Waals surface area contributed by atoms with E-state index in [0.717, 1.165) is 6.04 Å². The highest BCUT2D eigenvalue weighted by Gasteiger charge is 2.36. The van der Waals surface area contributed by atoms with Crippen molar-refractivity contribution < 1.29 is 0 Å². The van der Waals surface area contributed by atoms with Crippen molar-refractivity contribution in [1.82, 2.24) is 0 Å². The van der Waals surface area contributed by atoms with Crippen LogP contribution in [0.3, 0.4) is 0 Å². The molecule has 1 heterocycles. The van der Waals surface area contributed by atoms with Crippen LogP contribution < -0.4 is 0 Å². The molecule has 0 N–H and O–H groups in total. The van der Waals surface area contributed by atoms with Crippen molar-refractivity contribution in [2.75, 3.05) is 0 Å². The molecule has 0 radical (unpaired) electrons. The molecule has 2 rings (SSSR count). The maximum absolute atomic E-state index is 4.75. The van der Waals surface area contributed by atoms with Gasteiger partial charge < -0.3 is 5.32 Å². The lowest BCUT2D eigenvalue weighted by atomic mass is 10.1. The molecular weight excluding hydrogens is 110 g/mol. The molecule has 9 heavy (non-hydrogen) atoms. The molecule has 1 heteroatoms. The predicted molar refractivity (Wildman–Crippen MR) is 38.6 cm³/mol. The Bertz CT molecular complexity index is 116. The number of hydrogen-bond donors (Lipinski definition) is 0. The maximum Gasteiger partial charge on any atom is -0.0668 e. The minimum atomic E-state index is 0.542. The Morgan fingerprint density at radius 1 is 1.44 bits per heavy atom. The molecule has 1 aliphatic carbocycles. The van der Waals surface area contributed by atoms with Crippen LogP contribution in [0.5, 0.6) is 0 Å². The van der Waals surface area contributed by atoms with Crippen molar-refractivity contribution in [1.29, 1.82) is 0 Å². The van der Waals surface area contributed by atoms with Gasteiger partial charge in [0.1, 0.15) is 0 Å². The molecule has 0 aromatic heterocycles. The Morgan fingerprint density at radius 2 is 2.22 bits per heavy atom. The average Bonchev–Trinajstić information content (AvgIpc) is 2.44. The average molecular weight is 124 g/mol. The maximum atomic E-state index is 4.75. The summed E-state index contributed by atoms with van der Waals surface area (Å²) in [4.78, 5) is 0. The summed E-state index contributed by atoms with van der Waals surface area (Å²) in [5.41, 5.74) is 0.542. The van der Waals surface area contributed by atoms with E-state index in [1.165, 1.54) is 32.1 Å². The van der Waals surface area contributed by atoms with Crippen molar-refractivity contribution in [3.63, 3.8) is 0 Å². The van der Waals surface area contributed by atoms with Crippen LogP contribution in [0.2, 0.25) is 0 Å². The van der Waals surface area contributed by atoms with E-state index in [-0.39, 0.29) is 0 Å². The fourth-order valence-corrected chi connectivity index (χ4v) is 1.77. The molecule has 2 aliphatic rings. The van der Waals surface area contributed by atoms with Gasteiger partial charge in [-0.05, 0) is 0 Å². The zero-order valence-corrected chi connectivity index (χ0v) is 6.06. The van der Waals surface area contributed by atoms with Gasteiger partial charge in [-0.3, -0.25) is 0 Å². The first kappa shape index (κ1) is 5.72. The Labute approximate surface area is 56.8 Å². The van der Waals surface area contributed by atoms with Crippen LogP contribution in [0.25, 0.3) is 5.32 Å². The summed E-state index contributed by atoms with van der Waals surface area (Å²) in [5, 5.41) is 4.75. The lowest BCUT2D eigenvalue weighted by Crippen LogP contribution is -2.01. The van der Waals surface area contributed by atoms with Crippen LogP contribution in [-0.4, -0.2) is 11.6 Å². The van der Waals surface area contributed by atoms with Gasteiger partial charge in [0.15, 0.2) is 0 Å².